The second-order valence-electron chi connectivity index (χ2n) is 8.08. The van der Waals surface area contributed by atoms with E-state index >= 15 is 0 Å². The Morgan fingerprint density at radius 2 is 1.82 bits per heavy atom. The normalized spacial score (nSPS) is 12.1. The first-order valence-electron chi connectivity index (χ1n) is 10.3. The number of aromatic nitrogens is 3. The van der Waals surface area contributed by atoms with Crippen molar-refractivity contribution in [2.24, 2.45) is 5.92 Å². The van der Waals surface area contributed by atoms with Crippen molar-refractivity contribution in [2.75, 3.05) is 12.3 Å². The molecule has 3 N–H and O–H groups in total. The number of fused-ring (bicyclic) bond motifs is 2. The first kappa shape index (κ1) is 22.8. The van der Waals surface area contributed by atoms with Gasteiger partial charge in [0.25, 0.3) is 5.91 Å². The molecule has 0 saturated heterocycles. The summed E-state index contributed by atoms with van der Waals surface area (Å²) >= 11 is 5.79. The largest absolute Gasteiger partial charge is 0.417 e. The number of halogens is 4. The predicted octanol–water partition coefficient (Wildman–Crippen LogP) is 5.60. The van der Waals surface area contributed by atoms with E-state index in [0.717, 1.165) is 18.6 Å². The number of hydrogen-bond donors (Lipinski definition) is 2. The van der Waals surface area contributed by atoms with E-state index in [9.17, 15) is 18.0 Å². The van der Waals surface area contributed by atoms with E-state index in [1.165, 1.54) is 10.6 Å². The van der Waals surface area contributed by atoms with Gasteiger partial charge in [0.15, 0.2) is 5.65 Å². The molecular formula is C23H21ClF3N5O. The van der Waals surface area contributed by atoms with E-state index in [2.05, 4.69) is 15.3 Å². The van der Waals surface area contributed by atoms with E-state index in [1.54, 1.807) is 24.3 Å². The fourth-order valence-corrected chi connectivity index (χ4v) is 3.80. The summed E-state index contributed by atoms with van der Waals surface area (Å²) in [6.45, 7) is 4.48. The minimum absolute atomic E-state index is 0.0576. The summed E-state index contributed by atoms with van der Waals surface area (Å²) < 4.78 is 41.8. The number of nitrogens with zero attached hydrogens (tertiary/aromatic N) is 3. The number of anilines is 1. The number of hydrogen-bond acceptors (Lipinski definition) is 4. The number of nitrogens with two attached hydrogens (primary N) is 1. The smallest absolute Gasteiger partial charge is 0.384 e. The van der Waals surface area contributed by atoms with E-state index in [0.29, 0.717) is 23.5 Å². The highest BCUT2D eigenvalue weighted by molar-refractivity contribution is 6.31. The van der Waals surface area contributed by atoms with Gasteiger partial charge in [0, 0.05) is 12.2 Å². The Balaban J connectivity index is 1.96. The Labute approximate surface area is 192 Å². The monoisotopic (exact) mass is 475 g/mol. The number of alkyl halides is 3. The number of nitrogens with one attached hydrogen (secondary N) is 1. The molecule has 10 heteroatoms. The second kappa shape index (κ2) is 8.55. The topological polar surface area (TPSA) is 85.8 Å². The van der Waals surface area contributed by atoms with Gasteiger partial charge in [-0.2, -0.15) is 13.2 Å². The van der Waals surface area contributed by atoms with E-state index in [1.807, 2.05) is 13.8 Å². The summed E-state index contributed by atoms with van der Waals surface area (Å²) in [7, 11) is 0. The lowest BCUT2D eigenvalue weighted by molar-refractivity contribution is -0.137. The van der Waals surface area contributed by atoms with Gasteiger partial charge >= 0.3 is 6.18 Å². The number of rotatable bonds is 5. The third kappa shape index (κ3) is 4.32. The highest BCUT2D eigenvalue weighted by atomic mass is 35.5. The number of amides is 1. The summed E-state index contributed by atoms with van der Waals surface area (Å²) in [5.41, 5.74) is 6.90. The van der Waals surface area contributed by atoms with Gasteiger partial charge in [0.2, 0.25) is 0 Å². The number of nitrogen functional groups attached to an aromatic ring is 1. The summed E-state index contributed by atoms with van der Waals surface area (Å²) in [4.78, 5) is 22.2. The second-order valence-corrected chi connectivity index (χ2v) is 8.49. The molecule has 0 unspecified atom stereocenters. The molecule has 0 radical (unpaired) electrons. The lowest BCUT2D eigenvalue weighted by atomic mass is 10.1. The van der Waals surface area contributed by atoms with Crippen LogP contribution in [-0.2, 0) is 6.18 Å². The van der Waals surface area contributed by atoms with Crippen LogP contribution < -0.4 is 11.1 Å². The molecule has 2 heterocycles. The molecule has 172 valence electrons. The Kier molecular flexibility index (Phi) is 5.92. The van der Waals surface area contributed by atoms with Crippen molar-refractivity contribution in [3.05, 3.63) is 58.6 Å². The molecule has 0 spiro atoms. The van der Waals surface area contributed by atoms with Crippen molar-refractivity contribution in [1.29, 1.82) is 0 Å². The van der Waals surface area contributed by atoms with Gasteiger partial charge in [-0.25, -0.2) is 9.97 Å². The van der Waals surface area contributed by atoms with Crippen LogP contribution in [0.5, 0.6) is 0 Å². The Morgan fingerprint density at radius 1 is 1.15 bits per heavy atom. The molecule has 0 aliphatic rings. The summed E-state index contributed by atoms with van der Waals surface area (Å²) in [6.07, 6.45) is -3.91. The fourth-order valence-electron chi connectivity index (χ4n) is 3.58. The lowest BCUT2D eigenvalue weighted by Crippen LogP contribution is -2.26. The van der Waals surface area contributed by atoms with Crippen LogP contribution in [0.4, 0.5) is 19.0 Å². The van der Waals surface area contributed by atoms with Crippen LogP contribution >= 0.6 is 11.6 Å². The molecule has 4 rings (SSSR count). The number of benzene rings is 2. The van der Waals surface area contributed by atoms with E-state index in [-0.39, 0.29) is 28.2 Å². The van der Waals surface area contributed by atoms with Crippen molar-refractivity contribution in [3.63, 3.8) is 0 Å². The van der Waals surface area contributed by atoms with Crippen molar-refractivity contribution in [2.45, 2.75) is 26.4 Å². The standard InChI is InChI=1S/C23H21ClF3N5O/c1-12(2)9-10-29-22(33)18-19-21(31-17-6-4-3-5-16(17)30-19)32(20(18)28)13-7-8-15(24)14(11-13)23(25,26)27/h3-8,11-12H,9-10,28H2,1-2H3,(H,29,33). The minimum Gasteiger partial charge on any atom is -0.384 e. The fraction of sp³-hybridized carbons (Fsp3) is 0.261. The molecule has 0 fully saturated rings. The Hall–Kier alpha value is -3.33. The lowest BCUT2D eigenvalue weighted by Gasteiger charge is -2.13. The molecule has 2 aromatic carbocycles. The summed E-state index contributed by atoms with van der Waals surface area (Å²) in [5, 5.41) is 2.38. The number of para-hydroxylation sites is 2. The molecule has 2 aromatic heterocycles. The molecule has 0 aliphatic heterocycles. The van der Waals surface area contributed by atoms with Crippen LogP contribution in [0.1, 0.15) is 36.2 Å². The van der Waals surface area contributed by atoms with Gasteiger partial charge in [-0.15, -0.1) is 0 Å². The average Bonchev–Trinajstić information content (AvgIpc) is 3.02. The molecule has 1 amide bonds. The molecule has 4 aromatic rings. The van der Waals surface area contributed by atoms with Gasteiger partial charge in [0.1, 0.15) is 16.9 Å². The molecule has 6 nitrogen and oxygen atoms in total. The van der Waals surface area contributed by atoms with Crippen molar-refractivity contribution in [3.8, 4) is 5.69 Å². The summed E-state index contributed by atoms with van der Waals surface area (Å²) in [5.74, 6) is -0.146. The SMILES string of the molecule is CC(C)CCNC(=O)c1c(N)n(-c2ccc(Cl)c(C(F)(F)F)c2)c2nc3ccccc3nc12. The molecule has 0 bridgehead atoms. The molecule has 33 heavy (non-hydrogen) atoms. The third-order valence-electron chi connectivity index (χ3n) is 5.25. The maximum Gasteiger partial charge on any atom is 0.417 e. The number of carbonyl (C=O) groups excluding carboxylic acids is 1. The Morgan fingerprint density at radius 3 is 2.45 bits per heavy atom. The zero-order valence-corrected chi connectivity index (χ0v) is 18.6. The van der Waals surface area contributed by atoms with Crippen LogP contribution in [0.2, 0.25) is 5.02 Å². The zero-order valence-electron chi connectivity index (χ0n) is 17.9. The third-order valence-corrected chi connectivity index (χ3v) is 5.58. The van der Waals surface area contributed by atoms with Gasteiger partial charge in [-0.1, -0.05) is 37.6 Å². The average molecular weight is 476 g/mol. The van der Waals surface area contributed by atoms with Gasteiger partial charge in [-0.3, -0.25) is 9.36 Å². The number of carbonyl (C=O) groups is 1. The highest BCUT2D eigenvalue weighted by Crippen LogP contribution is 2.38. The Bertz CT molecular complexity index is 1360. The maximum absolute atomic E-state index is 13.5. The summed E-state index contributed by atoms with van der Waals surface area (Å²) in [6, 6.07) is 10.4. The molecule has 0 saturated carbocycles. The van der Waals surface area contributed by atoms with E-state index < -0.39 is 22.7 Å². The first-order chi connectivity index (χ1) is 15.6. The van der Waals surface area contributed by atoms with Crippen molar-refractivity contribution >= 4 is 45.5 Å². The predicted molar refractivity (Wildman–Crippen MR) is 123 cm³/mol. The zero-order chi connectivity index (χ0) is 23.9. The van der Waals surface area contributed by atoms with Gasteiger partial charge < -0.3 is 11.1 Å². The maximum atomic E-state index is 13.5. The van der Waals surface area contributed by atoms with Gasteiger partial charge in [0.05, 0.1) is 21.6 Å². The van der Waals surface area contributed by atoms with Crippen LogP contribution in [-0.4, -0.2) is 27.0 Å². The van der Waals surface area contributed by atoms with Crippen molar-refractivity contribution in [1.82, 2.24) is 19.9 Å². The quantitative estimate of drug-likeness (QED) is 0.393. The molecular weight excluding hydrogens is 455 g/mol. The highest BCUT2D eigenvalue weighted by Gasteiger charge is 2.34. The molecule has 0 aliphatic carbocycles. The van der Waals surface area contributed by atoms with Gasteiger partial charge in [-0.05, 0) is 42.7 Å². The molecule has 0 atom stereocenters. The van der Waals surface area contributed by atoms with E-state index in [4.69, 9.17) is 17.3 Å². The van der Waals surface area contributed by atoms with Crippen molar-refractivity contribution < 1.29 is 18.0 Å². The van der Waals surface area contributed by atoms with Crippen LogP contribution in [0.3, 0.4) is 0 Å². The van der Waals surface area contributed by atoms with Crippen LogP contribution in [0, 0.1) is 5.92 Å². The van der Waals surface area contributed by atoms with Crippen LogP contribution in [0.25, 0.3) is 27.9 Å². The minimum atomic E-state index is -4.67. The van der Waals surface area contributed by atoms with Crippen LogP contribution in [0.15, 0.2) is 42.5 Å². The first-order valence-corrected chi connectivity index (χ1v) is 10.7.